The number of carbonyl (C=O) groups is 1. The lowest BCUT2D eigenvalue weighted by Gasteiger charge is -2.38. The van der Waals surface area contributed by atoms with Crippen LogP contribution in [-0.2, 0) is 10.2 Å². The van der Waals surface area contributed by atoms with Crippen molar-refractivity contribution in [2.75, 3.05) is 7.05 Å². The van der Waals surface area contributed by atoms with Gasteiger partial charge in [-0.3, -0.25) is 10.2 Å². The summed E-state index contributed by atoms with van der Waals surface area (Å²) in [6.45, 7) is 2.05. The van der Waals surface area contributed by atoms with Gasteiger partial charge in [0.1, 0.15) is 16.9 Å². The largest absolute Gasteiger partial charge is 0.304 e. The standard InChI is InChI=1S/C19H18N4O2/c1-19(10-17(20)23(2)18(24)11-19)14-5-3-4-12(8-14)13-6-7-15-16(9-13)22-25-21-15/h3-9,20H,10-11H2,1-2H3/t19-/m0/s1. The second-order valence-electron chi connectivity index (χ2n) is 6.86. The molecule has 1 aliphatic heterocycles. The maximum atomic E-state index is 12.2. The Morgan fingerprint density at radius 2 is 1.84 bits per heavy atom. The van der Waals surface area contributed by atoms with Gasteiger partial charge in [-0.15, -0.1) is 0 Å². The molecule has 0 saturated carbocycles. The van der Waals surface area contributed by atoms with Gasteiger partial charge in [-0.1, -0.05) is 37.3 Å². The fourth-order valence-electron chi connectivity index (χ4n) is 3.39. The second-order valence-corrected chi connectivity index (χ2v) is 6.86. The molecule has 126 valence electrons. The molecule has 2 heterocycles. The molecule has 1 saturated heterocycles. The van der Waals surface area contributed by atoms with E-state index in [2.05, 4.69) is 23.3 Å². The first kappa shape index (κ1) is 15.5. The SMILES string of the molecule is CN1C(=N)C[C@](C)(c2cccc(-c3ccc4nonc4c3)c2)CC1=O. The predicted molar refractivity (Wildman–Crippen MR) is 94.3 cm³/mol. The third kappa shape index (κ3) is 2.59. The molecular weight excluding hydrogens is 316 g/mol. The molecule has 2 aromatic carbocycles. The summed E-state index contributed by atoms with van der Waals surface area (Å²) in [5, 5.41) is 15.8. The molecule has 0 unspecified atom stereocenters. The molecule has 1 aromatic heterocycles. The molecule has 25 heavy (non-hydrogen) atoms. The Bertz CT molecular complexity index is 974. The van der Waals surface area contributed by atoms with Crippen molar-refractivity contribution in [2.45, 2.75) is 25.2 Å². The fraction of sp³-hybridized carbons (Fsp3) is 0.263. The highest BCUT2D eigenvalue weighted by atomic mass is 16.6. The molecule has 1 aliphatic rings. The zero-order chi connectivity index (χ0) is 17.6. The average molecular weight is 334 g/mol. The lowest BCUT2D eigenvalue weighted by molar-refractivity contribution is -0.128. The number of nitrogens with one attached hydrogen (secondary N) is 1. The summed E-state index contributed by atoms with van der Waals surface area (Å²) in [6.07, 6.45) is 0.951. The van der Waals surface area contributed by atoms with E-state index in [-0.39, 0.29) is 11.3 Å². The van der Waals surface area contributed by atoms with E-state index in [0.717, 1.165) is 22.2 Å². The first-order valence-electron chi connectivity index (χ1n) is 8.13. The van der Waals surface area contributed by atoms with Crippen molar-refractivity contribution >= 4 is 22.8 Å². The quantitative estimate of drug-likeness (QED) is 0.779. The number of benzene rings is 2. The van der Waals surface area contributed by atoms with Gasteiger partial charge in [0.05, 0.1) is 0 Å². The Morgan fingerprint density at radius 3 is 2.64 bits per heavy atom. The third-order valence-corrected chi connectivity index (χ3v) is 5.02. The second kappa shape index (κ2) is 5.51. The van der Waals surface area contributed by atoms with Crippen LogP contribution in [0.4, 0.5) is 0 Å². The zero-order valence-electron chi connectivity index (χ0n) is 14.1. The van der Waals surface area contributed by atoms with Crippen molar-refractivity contribution in [3.8, 4) is 11.1 Å². The first-order chi connectivity index (χ1) is 12.0. The monoisotopic (exact) mass is 334 g/mol. The van der Waals surface area contributed by atoms with Gasteiger partial charge in [-0.25, -0.2) is 4.63 Å². The number of aromatic nitrogens is 2. The Labute approximate surface area is 144 Å². The van der Waals surface area contributed by atoms with E-state index in [1.165, 1.54) is 4.90 Å². The Kier molecular flexibility index (Phi) is 3.42. The highest BCUT2D eigenvalue weighted by molar-refractivity contribution is 6.00. The number of rotatable bonds is 2. The lowest BCUT2D eigenvalue weighted by Crippen LogP contribution is -2.46. The number of hydrogen-bond acceptors (Lipinski definition) is 5. The fourth-order valence-corrected chi connectivity index (χ4v) is 3.39. The lowest BCUT2D eigenvalue weighted by atomic mass is 9.73. The van der Waals surface area contributed by atoms with Crippen LogP contribution in [0.15, 0.2) is 47.1 Å². The Morgan fingerprint density at radius 1 is 1.08 bits per heavy atom. The molecule has 0 aliphatic carbocycles. The van der Waals surface area contributed by atoms with Crippen LogP contribution in [0, 0.1) is 5.41 Å². The third-order valence-electron chi connectivity index (χ3n) is 5.02. The summed E-state index contributed by atoms with van der Waals surface area (Å²) in [5.74, 6) is 0.346. The number of hydrogen-bond donors (Lipinski definition) is 1. The molecule has 1 amide bonds. The van der Waals surface area contributed by atoms with Crippen molar-refractivity contribution in [2.24, 2.45) is 0 Å². The summed E-state index contributed by atoms with van der Waals surface area (Å²) in [6, 6.07) is 14.0. The summed E-state index contributed by atoms with van der Waals surface area (Å²) in [5.41, 5.74) is 4.20. The molecule has 1 atom stereocenters. The van der Waals surface area contributed by atoms with Crippen LogP contribution in [-0.4, -0.2) is 34.0 Å². The van der Waals surface area contributed by atoms with E-state index < -0.39 is 0 Å². The highest BCUT2D eigenvalue weighted by Crippen LogP contribution is 2.37. The number of piperidine rings is 1. The highest BCUT2D eigenvalue weighted by Gasteiger charge is 2.38. The molecule has 1 fully saturated rings. The van der Waals surface area contributed by atoms with Crippen molar-refractivity contribution in [1.29, 1.82) is 5.41 Å². The van der Waals surface area contributed by atoms with E-state index >= 15 is 0 Å². The first-order valence-corrected chi connectivity index (χ1v) is 8.13. The van der Waals surface area contributed by atoms with Gasteiger partial charge in [-0.2, -0.15) is 0 Å². The van der Waals surface area contributed by atoms with Crippen molar-refractivity contribution in [1.82, 2.24) is 15.2 Å². The van der Waals surface area contributed by atoms with E-state index in [1.807, 2.05) is 36.4 Å². The predicted octanol–water partition coefficient (Wildman–Crippen LogP) is 3.38. The molecule has 3 aromatic rings. The van der Waals surface area contributed by atoms with Crippen molar-refractivity contribution in [3.63, 3.8) is 0 Å². The molecule has 0 spiro atoms. The van der Waals surface area contributed by atoms with Crippen LogP contribution in [0.2, 0.25) is 0 Å². The average Bonchev–Trinajstić information content (AvgIpc) is 3.07. The van der Waals surface area contributed by atoms with Gasteiger partial charge in [0.25, 0.3) is 0 Å². The molecule has 6 heteroatoms. The maximum absolute atomic E-state index is 12.2. The van der Waals surface area contributed by atoms with Gasteiger partial charge >= 0.3 is 0 Å². The molecule has 6 nitrogen and oxygen atoms in total. The molecule has 0 bridgehead atoms. The Balaban J connectivity index is 1.74. The minimum absolute atomic E-state index is 0.0146. The minimum Gasteiger partial charge on any atom is -0.304 e. The van der Waals surface area contributed by atoms with Gasteiger partial charge < -0.3 is 4.90 Å². The van der Waals surface area contributed by atoms with Gasteiger partial charge in [0.2, 0.25) is 5.91 Å². The summed E-state index contributed by atoms with van der Waals surface area (Å²) < 4.78 is 4.76. The van der Waals surface area contributed by atoms with Gasteiger partial charge in [0.15, 0.2) is 0 Å². The van der Waals surface area contributed by atoms with Gasteiger partial charge in [0, 0.05) is 25.3 Å². The van der Waals surface area contributed by atoms with Crippen LogP contribution < -0.4 is 0 Å². The number of amidine groups is 1. The smallest absolute Gasteiger partial charge is 0.228 e. The van der Waals surface area contributed by atoms with Crippen LogP contribution in [0.3, 0.4) is 0 Å². The normalized spacial score (nSPS) is 21.1. The number of amides is 1. The van der Waals surface area contributed by atoms with Crippen LogP contribution in [0.25, 0.3) is 22.2 Å². The van der Waals surface area contributed by atoms with E-state index in [4.69, 9.17) is 10.0 Å². The molecule has 4 rings (SSSR count). The summed E-state index contributed by atoms with van der Waals surface area (Å²) in [4.78, 5) is 13.7. The maximum Gasteiger partial charge on any atom is 0.228 e. The summed E-state index contributed by atoms with van der Waals surface area (Å²) >= 11 is 0. The van der Waals surface area contributed by atoms with Crippen LogP contribution in [0.5, 0.6) is 0 Å². The molecular formula is C19H18N4O2. The number of carbonyl (C=O) groups excluding carboxylic acids is 1. The number of fused-ring (bicyclic) bond motifs is 1. The van der Waals surface area contributed by atoms with Crippen molar-refractivity contribution < 1.29 is 9.42 Å². The zero-order valence-corrected chi connectivity index (χ0v) is 14.1. The Hall–Kier alpha value is -3.02. The number of nitrogens with zero attached hydrogens (tertiary/aromatic N) is 3. The van der Waals surface area contributed by atoms with E-state index in [1.54, 1.807) is 7.05 Å². The van der Waals surface area contributed by atoms with Crippen LogP contribution >= 0.6 is 0 Å². The minimum atomic E-state index is -0.365. The van der Waals surface area contributed by atoms with Crippen LogP contribution in [0.1, 0.15) is 25.3 Å². The number of likely N-dealkylation sites (tertiary alicyclic amines) is 1. The topological polar surface area (TPSA) is 83.1 Å². The van der Waals surface area contributed by atoms with Gasteiger partial charge in [-0.05, 0) is 39.1 Å². The molecule has 0 radical (unpaired) electrons. The van der Waals surface area contributed by atoms with E-state index in [0.29, 0.717) is 24.2 Å². The molecule has 1 N–H and O–H groups in total. The van der Waals surface area contributed by atoms with E-state index in [9.17, 15) is 4.79 Å². The summed E-state index contributed by atoms with van der Waals surface area (Å²) in [7, 11) is 1.67. The van der Waals surface area contributed by atoms with Crippen molar-refractivity contribution in [3.05, 3.63) is 48.0 Å².